The summed E-state index contributed by atoms with van der Waals surface area (Å²) in [5, 5.41) is 0. The number of alkyl halides is 3. The molecular weight excluding hydrogens is 301 g/mol. The minimum atomic E-state index is -5.45. The van der Waals surface area contributed by atoms with Gasteiger partial charge in [-0.1, -0.05) is 0 Å². The van der Waals surface area contributed by atoms with E-state index in [1.54, 1.807) is 0 Å². The standard InChI is InChI=1S/C6H4BrF3N2O2S/c7-3-1-4(5(11)12-2-3)15(13,14)6(8,9)10/h1-2H,(H2,11,12). The van der Waals surface area contributed by atoms with Crippen molar-refractivity contribution < 1.29 is 21.6 Å². The molecule has 0 aliphatic heterocycles. The van der Waals surface area contributed by atoms with Crippen LogP contribution in [-0.4, -0.2) is 18.9 Å². The summed E-state index contributed by atoms with van der Waals surface area (Å²) in [4.78, 5) is 2.26. The van der Waals surface area contributed by atoms with E-state index >= 15 is 0 Å². The molecule has 84 valence electrons. The highest BCUT2D eigenvalue weighted by Gasteiger charge is 2.48. The molecule has 9 heteroatoms. The summed E-state index contributed by atoms with van der Waals surface area (Å²) in [6.07, 6.45) is 1.10. The highest BCUT2D eigenvalue weighted by Crippen LogP contribution is 2.33. The molecule has 1 aromatic rings. The smallest absolute Gasteiger partial charge is 0.383 e. The monoisotopic (exact) mass is 304 g/mol. The number of sulfone groups is 1. The number of pyridine rings is 1. The van der Waals surface area contributed by atoms with Gasteiger partial charge in [-0.2, -0.15) is 13.2 Å². The minimum Gasteiger partial charge on any atom is -0.383 e. The maximum absolute atomic E-state index is 12.1. The molecule has 0 saturated carbocycles. The Morgan fingerprint density at radius 1 is 1.40 bits per heavy atom. The van der Waals surface area contributed by atoms with Gasteiger partial charge >= 0.3 is 5.51 Å². The van der Waals surface area contributed by atoms with Crippen molar-refractivity contribution in [1.82, 2.24) is 4.98 Å². The van der Waals surface area contributed by atoms with Crippen molar-refractivity contribution in [3.05, 3.63) is 16.7 Å². The van der Waals surface area contributed by atoms with Crippen molar-refractivity contribution >= 4 is 31.6 Å². The Kier molecular flexibility index (Phi) is 2.97. The molecule has 1 aromatic heterocycles. The van der Waals surface area contributed by atoms with E-state index in [0.29, 0.717) is 0 Å². The first-order valence-corrected chi connectivity index (χ1v) is 5.66. The second kappa shape index (κ2) is 3.63. The van der Waals surface area contributed by atoms with Crippen LogP contribution in [0, 0.1) is 0 Å². The molecule has 0 spiro atoms. The lowest BCUT2D eigenvalue weighted by molar-refractivity contribution is -0.0435. The zero-order valence-electron chi connectivity index (χ0n) is 6.92. The number of rotatable bonds is 1. The first-order valence-electron chi connectivity index (χ1n) is 3.38. The van der Waals surface area contributed by atoms with E-state index in [0.717, 1.165) is 12.3 Å². The summed E-state index contributed by atoms with van der Waals surface area (Å²) in [6.45, 7) is 0. The molecule has 2 N–H and O–H groups in total. The zero-order valence-corrected chi connectivity index (χ0v) is 9.32. The van der Waals surface area contributed by atoms with Gasteiger partial charge in [0.1, 0.15) is 10.7 Å². The lowest BCUT2D eigenvalue weighted by Crippen LogP contribution is -2.24. The molecule has 0 bridgehead atoms. The van der Waals surface area contributed by atoms with E-state index in [4.69, 9.17) is 5.73 Å². The summed E-state index contributed by atoms with van der Waals surface area (Å²) in [7, 11) is -5.45. The van der Waals surface area contributed by atoms with Crippen LogP contribution in [0.25, 0.3) is 0 Å². The fourth-order valence-electron chi connectivity index (χ4n) is 0.771. The molecule has 1 heterocycles. The third-order valence-electron chi connectivity index (χ3n) is 1.44. The number of nitrogens with zero attached hydrogens (tertiary/aromatic N) is 1. The van der Waals surface area contributed by atoms with Gasteiger partial charge in [0.25, 0.3) is 9.84 Å². The maximum Gasteiger partial charge on any atom is 0.502 e. The van der Waals surface area contributed by atoms with E-state index < -0.39 is 26.1 Å². The highest BCUT2D eigenvalue weighted by atomic mass is 79.9. The summed E-state index contributed by atoms with van der Waals surface area (Å²) in [5.74, 6) is -0.685. The number of hydrogen-bond acceptors (Lipinski definition) is 4. The second-order valence-corrected chi connectivity index (χ2v) is 5.31. The number of aromatic nitrogens is 1. The van der Waals surface area contributed by atoms with Gasteiger partial charge in [0.05, 0.1) is 0 Å². The SMILES string of the molecule is Nc1ncc(Br)cc1S(=O)(=O)C(F)(F)F. The Labute approximate surface area is 91.3 Å². The summed E-state index contributed by atoms with van der Waals surface area (Å²) in [5.41, 5.74) is -0.324. The molecule has 0 aliphatic carbocycles. The third kappa shape index (κ3) is 2.23. The van der Waals surface area contributed by atoms with E-state index in [-0.39, 0.29) is 4.47 Å². The maximum atomic E-state index is 12.1. The zero-order chi connectivity index (χ0) is 11.9. The Morgan fingerprint density at radius 3 is 2.40 bits per heavy atom. The van der Waals surface area contributed by atoms with Crippen molar-refractivity contribution in [2.75, 3.05) is 5.73 Å². The topological polar surface area (TPSA) is 73.0 Å². The van der Waals surface area contributed by atoms with Gasteiger partial charge in [0, 0.05) is 10.7 Å². The van der Waals surface area contributed by atoms with Crippen LogP contribution in [0.5, 0.6) is 0 Å². The first kappa shape index (κ1) is 12.2. The molecule has 0 fully saturated rings. The quantitative estimate of drug-likeness (QED) is 0.857. The fraction of sp³-hybridized carbons (Fsp3) is 0.167. The molecule has 0 amide bonds. The van der Waals surface area contributed by atoms with Crippen molar-refractivity contribution in [3.63, 3.8) is 0 Å². The van der Waals surface area contributed by atoms with Crippen LogP contribution in [-0.2, 0) is 9.84 Å². The number of halogens is 4. The van der Waals surface area contributed by atoms with Gasteiger partial charge in [0.15, 0.2) is 0 Å². The Bertz CT molecular complexity index is 486. The van der Waals surface area contributed by atoms with Crippen LogP contribution >= 0.6 is 15.9 Å². The molecule has 15 heavy (non-hydrogen) atoms. The highest BCUT2D eigenvalue weighted by molar-refractivity contribution is 9.10. The number of nitrogens with two attached hydrogens (primary N) is 1. The fourth-order valence-corrected chi connectivity index (χ4v) is 2.11. The van der Waals surface area contributed by atoms with Gasteiger partial charge in [-0.3, -0.25) is 0 Å². The lowest BCUT2D eigenvalue weighted by Gasteiger charge is -2.09. The first-order chi connectivity index (χ1) is 6.66. The molecule has 0 saturated heterocycles. The van der Waals surface area contributed by atoms with E-state index in [2.05, 4.69) is 20.9 Å². The third-order valence-corrected chi connectivity index (χ3v) is 3.39. The molecular formula is C6H4BrF3N2O2S. The predicted molar refractivity (Wildman–Crippen MR) is 49.6 cm³/mol. The number of anilines is 1. The summed E-state index contributed by atoms with van der Waals surface area (Å²) in [6, 6.07) is 0.755. The minimum absolute atomic E-state index is 0.0968. The van der Waals surface area contributed by atoms with Crippen LogP contribution in [0.4, 0.5) is 19.0 Å². The van der Waals surface area contributed by atoms with E-state index in [1.165, 1.54) is 0 Å². The summed E-state index contributed by atoms with van der Waals surface area (Å²) < 4.78 is 58.5. The van der Waals surface area contributed by atoms with Crippen molar-refractivity contribution in [2.24, 2.45) is 0 Å². The second-order valence-electron chi connectivity index (χ2n) is 2.49. The largest absolute Gasteiger partial charge is 0.502 e. The molecule has 4 nitrogen and oxygen atoms in total. The predicted octanol–water partition coefficient (Wildman–Crippen LogP) is 1.72. The van der Waals surface area contributed by atoms with Crippen LogP contribution in [0.15, 0.2) is 21.6 Å². The van der Waals surface area contributed by atoms with Gasteiger partial charge < -0.3 is 5.73 Å². The van der Waals surface area contributed by atoms with Crippen LogP contribution in [0.1, 0.15) is 0 Å². The van der Waals surface area contributed by atoms with E-state index in [1.807, 2.05) is 0 Å². The van der Waals surface area contributed by atoms with Crippen molar-refractivity contribution in [2.45, 2.75) is 10.4 Å². The molecule has 0 radical (unpaired) electrons. The lowest BCUT2D eigenvalue weighted by atomic mass is 10.5. The van der Waals surface area contributed by atoms with Crippen LogP contribution in [0.2, 0.25) is 0 Å². The van der Waals surface area contributed by atoms with Gasteiger partial charge in [-0.25, -0.2) is 13.4 Å². The van der Waals surface area contributed by atoms with Crippen molar-refractivity contribution in [1.29, 1.82) is 0 Å². The molecule has 0 atom stereocenters. The Balaban J connectivity index is 3.47. The molecule has 0 unspecified atom stereocenters. The average molecular weight is 305 g/mol. The molecule has 1 rings (SSSR count). The van der Waals surface area contributed by atoms with E-state index in [9.17, 15) is 21.6 Å². The number of nitrogen functional groups attached to an aromatic ring is 1. The average Bonchev–Trinajstić information content (AvgIpc) is 2.07. The number of hydrogen-bond donors (Lipinski definition) is 1. The van der Waals surface area contributed by atoms with Gasteiger partial charge in [-0.05, 0) is 22.0 Å². The van der Waals surface area contributed by atoms with Gasteiger partial charge in [0.2, 0.25) is 0 Å². The van der Waals surface area contributed by atoms with Gasteiger partial charge in [-0.15, -0.1) is 0 Å². The molecule has 0 aliphatic rings. The Hall–Kier alpha value is -0.830. The normalized spacial score (nSPS) is 12.8. The van der Waals surface area contributed by atoms with Crippen LogP contribution < -0.4 is 5.73 Å². The molecule has 0 aromatic carbocycles. The van der Waals surface area contributed by atoms with Crippen LogP contribution in [0.3, 0.4) is 0 Å². The van der Waals surface area contributed by atoms with Crippen molar-refractivity contribution in [3.8, 4) is 0 Å². The Morgan fingerprint density at radius 2 is 1.93 bits per heavy atom. The summed E-state index contributed by atoms with van der Waals surface area (Å²) >= 11 is 2.81.